The number of anilines is 1. The molecule has 0 aromatic heterocycles. The van der Waals surface area contributed by atoms with E-state index in [2.05, 4.69) is 0 Å². The average Bonchev–Trinajstić information content (AvgIpc) is 2.38. The minimum absolute atomic E-state index is 0.0589. The van der Waals surface area contributed by atoms with Gasteiger partial charge in [-0.25, -0.2) is 0 Å². The Labute approximate surface area is 104 Å². The highest BCUT2D eigenvalue weighted by atomic mass is 16.5. The zero-order chi connectivity index (χ0) is 13.4. The molecule has 5 heteroatoms. The molecule has 0 unspecified atom stereocenters. The van der Waals surface area contributed by atoms with Gasteiger partial charge in [-0.15, -0.1) is 0 Å². The van der Waals surface area contributed by atoms with E-state index in [0.717, 1.165) is 5.69 Å². The number of hydrogen-bond acceptors (Lipinski definition) is 5. The molecule has 2 aromatic carbocycles. The van der Waals surface area contributed by atoms with Crippen LogP contribution >= 0.6 is 0 Å². The molecular formula is C13H13NO4. The van der Waals surface area contributed by atoms with Crippen molar-refractivity contribution in [3.63, 3.8) is 0 Å². The van der Waals surface area contributed by atoms with Crippen molar-refractivity contribution in [2.75, 3.05) is 26.1 Å². The molecule has 0 amide bonds. The van der Waals surface area contributed by atoms with Crippen LogP contribution in [0.1, 0.15) is 0 Å². The molecule has 18 heavy (non-hydrogen) atoms. The Hall–Kier alpha value is -2.30. The Morgan fingerprint density at radius 2 is 1.83 bits per heavy atom. The van der Waals surface area contributed by atoms with Crippen LogP contribution in [0.2, 0.25) is 0 Å². The van der Waals surface area contributed by atoms with E-state index in [9.17, 15) is 14.7 Å². The molecule has 2 rings (SSSR count). The van der Waals surface area contributed by atoms with Crippen molar-refractivity contribution in [3.05, 3.63) is 38.6 Å². The van der Waals surface area contributed by atoms with E-state index in [1.165, 1.54) is 7.11 Å². The third kappa shape index (κ3) is 1.64. The number of aromatic hydroxyl groups is 1. The van der Waals surface area contributed by atoms with Gasteiger partial charge in [-0.2, -0.15) is 0 Å². The fraction of sp³-hybridized carbons (Fsp3) is 0.231. The third-order valence-corrected chi connectivity index (χ3v) is 2.84. The SMILES string of the molecule is COc1cc(-c2c(O)c(=O)c2=O)ccc1N(C)C. The van der Waals surface area contributed by atoms with Gasteiger partial charge in [0.15, 0.2) is 5.75 Å². The molecule has 94 valence electrons. The number of rotatable bonds is 3. The number of ether oxygens (including phenoxy) is 1. The van der Waals surface area contributed by atoms with Gasteiger partial charge in [0.05, 0.1) is 18.4 Å². The lowest BCUT2D eigenvalue weighted by Gasteiger charge is -2.17. The summed E-state index contributed by atoms with van der Waals surface area (Å²) < 4.78 is 5.22. The second-order valence-corrected chi connectivity index (χ2v) is 4.16. The van der Waals surface area contributed by atoms with Crippen LogP contribution in [0.3, 0.4) is 0 Å². The summed E-state index contributed by atoms with van der Waals surface area (Å²) in [5.41, 5.74) is -0.101. The highest BCUT2D eigenvalue weighted by molar-refractivity contribution is 5.77. The van der Waals surface area contributed by atoms with Gasteiger partial charge in [0, 0.05) is 14.1 Å². The Morgan fingerprint density at radius 1 is 1.17 bits per heavy atom. The summed E-state index contributed by atoms with van der Waals surface area (Å²) in [5.74, 6) is 0.101. The molecule has 0 spiro atoms. The normalized spacial score (nSPS) is 10.6. The zero-order valence-corrected chi connectivity index (χ0v) is 10.4. The van der Waals surface area contributed by atoms with Crippen molar-refractivity contribution in [2.45, 2.75) is 0 Å². The average molecular weight is 247 g/mol. The molecular weight excluding hydrogens is 234 g/mol. The molecule has 0 heterocycles. The number of nitrogens with zero attached hydrogens (tertiary/aromatic N) is 1. The lowest BCUT2D eigenvalue weighted by Crippen LogP contribution is -2.31. The first-order chi connectivity index (χ1) is 8.47. The molecule has 5 nitrogen and oxygen atoms in total. The quantitative estimate of drug-likeness (QED) is 0.810. The minimum Gasteiger partial charge on any atom is -0.503 e. The van der Waals surface area contributed by atoms with Gasteiger partial charge in [0.25, 0.3) is 5.43 Å². The summed E-state index contributed by atoms with van der Waals surface area (Å²) in [6.07, 6.45) is 0. The molecule has 0 saturated carbocycles. The van der Waals surface area contributed by atoms with Gasteiger partial charge >= 0.3 is 0 Å². The molecule has 0 radical (unpaired) electrons. The zero-order valence-electron chi connectivity index (χ0n) is 10.4. The van der Waals surface area contributed by atoms with E-state index in [1.54, 1.807) is 18.2 Å². The van der Waals surface area contributed by atoms with Gasteiger partial charge in [0.2, 0.25) is 5.43 Å². The largest absolute Gasteiger partial charge is 0.503 e. The van der Waals surface area contributed by atoms with Crippen LogP contribution in [0.5, 0.6) is 11.5 Å². The van der Waals surface area contributed by atoms with Crippen LogP contribution in [-0.2, 0) is 0 Å². The standard InChI is InChI=1S/C13H13NO4/c1-14(2)8-5-4-7(6-9(8)18-3)10-11(15)13(17)12(10)16/h4-6,15H,1-3H3. The summed E-state index contributed by atoms with van der Waals surface area (Å²) in [7, 11) is 5.26. The number of hydrogen-bond donors (Lipinski definition) is 1. The Morgan fingerprint density at radius 3 is 2.33 bits per heavy atom. The smallest absolute Gasteiger partial charge is 0.268 e. The van der Waals surface area contributed by atoms with E-state index < -0.39 is 16.6 Å². The van der Waals surface area contributed by atoms with Crippen molar-refractivity contribution in [1.82, 2.24) is 0 Å². The first-order valence-corrected chi connectivity index (χ1v) is 5.35. The maximum atomic E-state index is 11.4. The van der Waals surface area contributed by atoms with Crippen LogP contribution in [0.15, 0.2) is 27.8 Å². The maximum Gasteiger partial charge on any atom is 0.268 e. The fourth-order valence-electron chi connectivity index (χ4n) is 1.85. The van der Waals surface area contributed by atoms with Crippen LogP contribution in [0, 0.1) is 0 Å². The molecule has 0 aliphatic rings. The van der Waals surface area contributed by atoms with Crippen molar-refractivity contribution >= 4 is 5.69 Å². The monoisotopic (exact) mass is 247 g/mol. The lowest BCUT2D eigenvalue weighted by atomic mass is 9.99. The second-order valence-electron chi connectivity index (χ2n) is 4.16. The van der Waals surface area contributed by atoms with Gasteiger partial charge in [0.1, 0.15) is 5.75 Å². The summed E-state index contributed by atoms with van der Waals surface area (Å²) >= 11 is 0. The first-order valence-electron chi connectivity index (χ1n) is 5.35. The van der Waals surface area contributed by atoms with Crippen molar-refractivity contribution in [2.24, 2.45) is 0 Å². The van der Waals surface area contributed by atoms with Crippen molar-refractivity contribution < 1.29 is 9.84 Å². The molecule has 0 aliphatic heterocycles. The predicted molar refractivity (Wildman–Crippen MR) is 69.3 cm³/mol. The number of benzene rings is 1. The highest BCUT2D eigenvalue weighted by Crippen LogP contribution is 2.33. The molecule has 0 atom stereocenters. The van der Waals surface area contributed by atoms with Crippen molar-refractivity contribution in [3.8, 4) is 22.6 Å². The summed E-state index contributed by atoms with van der Waals surface area (Å²) in [5, 5.41) is 9.40. The predicted octanol–water partition coefficient (Wildman–Crippen LogP) is 0.730. The van der Waals surface area contributed by atoms with Crippen LogP contribution in [-0.4, -0.2) is 26.3 Å². The Bertz CT molecular complexity index is 666. The summed E-state index contributed by atoms with van der Waals surface area (Å²) in [6.45, 7) is 0. The second kappa shape index (κ2) is 4.18. The summed E-state index contributed by atoms with van der Waals surface area (Å²) in [6, 6.07) is 5.07. The molecule has 1 N–H and O–H groups in total. The van der Waals surface area contributed by atoms with Crippen LogP contribution < -0.4 is 20.5 Å². The molecule has 0 aliphatic carbocycles. The summed E-state index contributed by atoms with van der Waals surface area (Å²) in [4.78, 5) is 24.2. The van der Waals surface area contributed by atoms with E-state index in [0.29, 0.717) is 11.3 Å². The fourth-order valence-corrected chi connectivity index (χ4v) is 1.85. The van der Waals surface area contributed by atoms with Gasteiger partial charge < -0.3 is 14.7 Å². The van der Waals surface area contributed by atoms with E-state index in [-0.39, 0.29) is 5.56 Å². The van der Waals surface area contributed by atoms with Crippen LogP contribution in [0.4, 0.5) is 5.69 Å². The lowest BCUT2D eigenvalue weighted by molar-refractivity contribution is 0.415. The Kier molecular flexibility index (Phi) is 2.82. The van der Waals surface area contributed by atoms with E-state index in [1.807, 2.05) is 19.0 Å². The van der Waals surface area contributed by atoms with Gasteiger partial charge in [-0.3, -0.25) is 9.59 Å². The molecule has 2 aromatic rings. The molecule has 0 fully saturated rings. The maximum absolute atomic E-state index is 11.4. The van der Waals surface area contributed by atoms with Gasteiger partial charge in [-0.05, 0) is 17.7 Å². The minimum atomic E-state index is -0.833. The highest BCUT2D eigenvalue weighted by Gasteiger charge is 2.22. The topological polar surface area (TPSA) is 66.8 Å². The van der Waals surface area contributed by atoms with E-state index >= 15 is 0 Å². The Balaban J connectivity index is 2.56. The molecule has 0 saturated heterocycles. The van der Waals surface area contributed by atoms with Gasteiger partial charge in [-0.1, -0.05) is 6.07 Å². The first kappa shape index (κ1) is 12.2. The van der Waals surface area contributed by atoms with Crippen molar-refractivity contribution in [1.29, 1.82) is 0 Å². The van der Waals surface area contributed by atoms with E-state index in [4.69, 9.17) is 4.74 Å². The number of methoxy groups -OCH3 is 1. The van der Waals surface area contributed by atoms with Crippen LogP contribution in [0.25, 0.3) is 11.1 Å². The third-order valence-electron chi connectivity index (χ3n) is 2.84. The molecule has 0 bridgehead atoms.